The molecular formula is C10H11F2NO2. The van der Waals surface area contributed by atoms with Gasteiger partial charge in [0.25, 0.3) is 0 Å². The molecule has 82 valence electrons. The molecule has 0 aliphatic rings. The fourth-order valence-corrected chi connectivity index (χ4v) is 1.12. The first-order valence-electron chi connectivity index (χ1n) is 4.29. The summed E-state index contributed by atoms with van der Waals surface area (Å²) in [5.41, 5.74) is 6.19. The first-order valence-corrected chi connectivity index (χ1v) is 4.29. The highest BCUT2D eigenvalue weighted by atomic mass is 19.3. The Balaban J connectivity index is 2.99. The number of halogens is 2. The monoisotopic (exact) mass is 215 g/mol. The minimum atomic E-state index is -3.95. The molecule has 1 rings (SSSR count). The molecule has 0 aliphatic heterocycles. The van der Waals surface area contributed by atoms with Crippen LogP contribution in [0.15, 0.2) is 24.3 Å². The first kappa shape index (κ1) is 11.6. The number of carboxylic acids is 1. The van der Waals surface area contributed by atoms with Gasteiger partial charge >= 0.3 is 11.9 Å². The van der Waals surface area contributed by atoms with Crippen molar-refractivity contribution >= 4 is 5.97 Å². The normalized spacial score (nSPS) is 13.6. The van der Waals surface area contributed by atoms with Crippen LogP contribution >= 0.6 is 0 Å². The van der Waals surface area contributed by atoms with Crippen LogP contribution in [0.4, 0.5) is 8.78 Å². The van der Waals surface area contributed by atoms with E-state index in [0.29, 0.717) is 0 Å². The smallest absolute Gasteiger partial charge is 0.376 e. The lowest BCUT2D eigenvalue weighted by atomic mass is 10.0. The molecule has 0 fully saturated rings. The Morgan fingerprint density at radius 1 is 1.40 bits per heavy atom. The summed E-state index contributed by atoms with van der Waals surface area (Å²) in [5, 5.41) is 8.30. The van der Waals surface area contributed by atoms with E-state index in [-0.39, 0.29) is 5.56 Å². The quantitative estimate of drug-likeness (QED) is 0.806. The van der Waals surface area contributed by atoms with Crippen LogP contribution in [0.3, 0.4) is 0 Å². The van der Waals surface area contributed by atoms with Crippen molar-refractivity contribution in [2.24, 2.45) is 5.73 Å². The molecular weight excluding hydrogens is 204 g/mol. The lowest BCUT2D eigenvalue weighted by molar-refractivity contribution is -0.168. The van der Waals surface area contributed by atoms with Crippen LogP contribution in [0, 0.1) is 6.92 Å². The van der Waals surface area contributed by atoms with Crippen molar-refractivity contribution in [3.05, 3.63) is 35.4 Å². The predicted molar refractivity (Wildman–Crippen MR) is 50.7 cm³/mol. The van der Waals surface area contributed by atoms with Gasteiger partial charge in [-0.15, -0.1) is 0 Å². The zero-order valence-corrected chi connectivity index (χ0v) is 8.08. The molecule has 0 amide bonds. The minimum Gasteiger partial charge on any atom is -0.477 e. The Morgan fingerprint density at radius 2 is 1.87 bits per heavy atom. The highest BCUT2D eigenvalue weighted by molar-refractivity contribution is 5.76. The van der Waals surface area contributed by atoms with Gasteiger partial charge in [-0.25, -0.2) is 4.79 Å². The van der Waals surface area contributed by atoms with E-state index in [1.54, 1.807) is 19.1 Å². The van der Waals surface area contributed by atoms with Crippen molar-refractivity contribution in [3.63, 3.8) is 0 Å². The maximum absolute atomic E-state index is 13.0. The van der Waals surface area contributed by atoms with Crippen molar-refractivity contribution in [1.82, 2.24) is 0 Å². The van der Waals surface area contributed by atoms with E-state index in [9.17, 15) is 13.6 Å². The number of aliphatic carboxylic acids is 1. The number of aryl methyl sites for hydroxylation is 1. The van der Waals surface area contributed by atoms with Gasteiger partial charge in [-0.2, -0.15) is 8.78 Å². The average molecular weight is 215 g/mol. The van der Waals surface area contributed by atoms with Crippen molar-refractivity contribution in [2.75, 3.05) is 0 Å². The highest BCUT2D eigenvalue weighted by Gasteiger charge is 2.46. The average Bonchev–Trinajstić information content (AvgIpc) is 2.17. The fourth-order valence-electron chi connectivity index (χ4n) is 1.12. The van der Waals surface area contributed by atoms with Crippen LogP contribution in [0.25, 0.3) is 0 Å². The van der Waals surface area contributed by atoms with Crippen molar-refractivity contribution in [3.8, 4) is 0 Å². The molecule has 0 unspecified atom stereocenters. The summed E-state index contributed by atoms with van der Waals surface area (Å²) in [6.07, 6.45) is 0. The second-order valence-corrected chi connectivity index (χ2v) is 3.32. The molecule has 1 aromatic carbocycles. The topological polar surface area (TPSA) is 63.3 Å². The van der Waals surface area contributed by atoms with Gasteiger partial charge in [0.2, 0.25) is 0 Å². The molecule has 5 heteroatoms. The number of carboxylic acid groups (broad SMARTS) is 1. The Bertz CT molecular complexity index is 362. The zero-order chi connectivity index (χ0) is 11.6. The lowest BCUT2D eigenvalue weighted by Crippen LogP contribution is -2.40. The van der Waals surface area contributed by atoms with E-state index in [2.05, 4.69) is 0 Å². The van der Waals surface area contributed by atoms with Crippen molar-refractivity contribution in [2.45, 2.75) is 18.9 Å². The summed E-state index contributed by atoms with van der Waals surface area (Å²) >= 11 is 0. The largest absolute Gasteiger partial charge is 0.477 e. The van der Waals surface area contributed by atoms with E-state index in [0.717, 1.165) is 5.56 Å². The van der Waals surface area contributed by atoms with Gasteiger partial charge in [0, 0.05) is 0 Å². The second kappa shape index (κ2) is 3.94. The third-order valence-electron chi connectivity index (χ3n) is 2.11. The maximum atomic E-state index is 13.0. The predicted octanol–water partition coefficient (Wildman–Crippen LogP) is 1.71. The Kier molecular flexibility index (Phi) is 3.04. The molecule has 3 nitrogen and oxygen atoms in total. The number of nitrogens with two attached hydrogens (primary N) is 1. The number of rotatable bonds is 3. The molecule has 0 heterocycles. The number of hydrogen-bond donors (Lipinski definition) is 2. The molecule has 0 aliphatic carbocycles. The van der Waals surface area contributed by atoms with Crippen molar-refractivity contribution < 1.29 is 18.7 Å². The van der Waals surface area contributed by atoms with Crippen LogP contribution < -0.4 is 5.73 Å². The molecule has 15 heavy (non-hydrogen) atoms. The number of benzene rings is 1. The molecule has 0 bridgehead atoms. The second-order valence-electron chi connectivity index (χ2n) is 3.32. The van der Waals surface area contributed by atoms with E-state index >= 15 is 0 Å². The van der Waals surface area contributed by atoms with E-state index in [1.165, 1.54) is 12.1 Å². The number of hydrogen-bond acceptors (Lipinski definition) is 2. The molecule has 1 atom stereocenters. The third-order valence-corrected chi connectivity index (χ3v) is 2.11. The SMILES string of the molecule is Cc1ccc([C@H](N)C(F)(F)C(=O)O)cc1. The van der Waals surface area contributed by atoms with Gasteiger partial charge < -0.3 is 10.8 Å². The van der Waals surface area contributed by atoms with Crippen LogP contribution in [0.5, 0.6) is 0 Å². The van der Waals surface area contributed by atoms with Gasteiger partial charge in [0.1, 0.15) is 6.04 Å². The third kappa shape index (κ3) is 2.30. The maximum Gasteiger partial charge on any atom is 0.376 e. The van der Waals surface area contributed by atoms with Gasteiger partial charge in [-0.1, -0.05) is 29.8 Å². The summed E-state index contributed by atoms with van der Waals surface area (Å²) in [6, 6.07) is 4.18. The summed E-state index contributed by atoms with van der Waals surface area (Å²) in [5.74, 6) is -6.16. The standard InChI is InChI=1S/C10H11F2NO2/c1-6-2-4-7(5-3-6)8(13)10(11,12)9(14)15/h2-5,8H,13H2,1H3,(H,14,15)/t8-/m0/s1. The van der Waals surface area contributed by atoms with E-state index in [4.69, 9.17) is 10.8 Å². The molecule has 3 N–H and O–H groups in total. The Hall–Kier alpha value is -1.49. The summed E-state index contributed by atoms with van der Waals surface area (Å²) in [4.78, 5) is 10.3. The summed E-state index contributed by atoms with van der Waals surface area (Å²) in [6.45, 7) is 1.80. The van der Waals surface area contributed by atoms with Crippen LogP contribution in [-0.2, 0) is 4.79 Å². The molecule has 0 radical (unpaired) electrons. The minimum absolute atomic E-state index is 0.105. The van der Waals surface area contributed by atoms with Gasteiger partial charge in [-0.05, 0) is 12.5 Å². The number of carbonyl (C=O) groups is 1. The molecule has 0 aromatic heterocycles. The highest BCUT2D eigenvalue weighted by Crippen LogP contribution is 2.29. The van der Waals surface area contributed by atoms with Crippen LogP contribution in [0.2, 0.25) is 0 Å². The van der Waals surface area contributed by atoms with Crippen molar-refractivity contribution in [1.29, 1.82) is 0 Å². The molecule has 0 spiro atoms. The first-order chi connectivity index (χ1) is 6.85. The molecule has 0 saturated carbocycles. The van der Waals surface area contributed by atoms with Gasteiger partial charge in [0.15, 0.2) is 0 Å². The number of alkyl halides is 2. The Morgan fingerprint density at radius 3 is 2.27 bits per heavy atom. The van der Waals surface area contributed by atoms with Crippen LogP contribution in [-0.4, -0.2) is 17.0 Å². The molecule has 1 aromatic rings. The van der Waals surface area contributed by atoms with E-state index < -0.39 is 17.9 Å². The lowest BCUT2D eigenvalue weighted by Gasteiger charge is -2.19. The van der Waals surface area contributed by atoms with Crippen LogP contribution in [0.1, 0.15) is 17.2 Å². The van der Waals surface area contributed by atoms with Gasteiger partial charge in [-0.3, -0.25) is 0 Å². The van der Waals surface area contributed by atoms with E-state index in [1.807, 2.05) is 0 Å². The fraction of sp³-hybridized carbons (Fsp3) is 0.300. The summed E-state index contributed by atoms with van der Waals surface area (Å²) in [7, 11) is 0. The van der Waals surface area contributed by atoms with Gasteiger partial charge in [0.05, 0.1) is 0 Å². The molecule has 0 saturated heterocycles. The zero-order valence-electron chi connectivity index (χ0n) is 8.08. The summed E-state index contributed by atoms with van der Waals surface area (Å²) < 4.78 is 26.0. The Labute approximate surface area is 85.5 Å².